The molecule has 116 valence electrons. The van der Waals surface area contributed by atoms with Gasteiger partial charge in [0.2, 0.25) is 0 Å². The van der Waals surface area contributed by atoms with Gasteiger partial charge >= 0.3 is 0 Å². The molecule has 2 heteroatoms. The molecule has 3 rings (SSSR count). The number of alkyl halides is 1. The molecule has 1 fully saturated rings. The molecule has 0 spiro atoms. The molecule has 0 nitrogen and oxygen atoms in total. The minimum Gasteiger partial charge on any atom is -0.206 e. The molecule has 0 radical (unpaired) electrons. The summed E-state index contributed by atoms with van der Waals surface area (Å²) >= 11 is 6.03. The zero-order valence-electron chi connectivity index (χ0n) is 13.2. The van der Waals surface area contributed by atoms with Gasteiger partial charge in [-0.1, -0.05) is 56.7 Å². The van der Waals surface area contributed by atoms with E-state index >= 15 is 0 Å². The van der Waals surface area contributed by atoms with Crippen molar-refractivity contribution in [3.63, 3.8) is 0 Å². The summed E-state index contributed by atoms with van der Waals surface area (Å²) in [7, 11) is 0. The number of rotatable bonds is 3. The number of hydrogen-bond acceptors (Lipinski definition) is 0. The summed E-state index contributed by atoms with van der Waals surface area (Å²) in [6.45, 7) is 4.65. The third-order valence-corrected chi connectivity index (χ3v) is 5.38. The Labute approximate surface area is 137 Å². The first-order valence-corrected chi connectivity index (χ1v) is 8.50. The van der Waals surface area contributed by atoms with Crippen molar-refractivity contribution in [2.75, 3.05) is 0 Å². The lowest BCUT2D eigenvalue weighted by molar-refractivity contribution is 0.332. The molecule has 0 aromatic heterocycles. The van der Waals surface area contributed by atoms with Gasteiger partial charge in [-0.3, -0.25) is 0 Å². The van der Waals surface area contributed by atoms with Gasteiger partial charge < -0.3 is 0 Å². The summed E-state index contributed by atoms with van der Waals surface area (Å²) in [4.78, 5) is 0. The lowest BCUT2D eigenvalue weighted by Crippen LogP contribution is -2.16. The maximum atomic E-state index is 14.3. The molecule has 1 atom stereocenters. The van der Waals surface area contributed by atoms with Crippen LogP contribution in [0.3, 0.4) is 0 Å². The molecule has 1 aliphatic rings. The summed E-state index contributed by atoms with van der Waals surface area (Å²) in [6.07, 6.45) is 3.62. The fourth-order valence-electron chi connectivity index (χ4n) is 3.81. The molecule has 1 saturated carbocycles. The van der Waals surface area contributed by atoms with Gasteiger partial charge in [0.05, 0.1) is 0 Å². The predicted octanol–water partition coefficient (Wildman–Crippen LogP) is 6.53. The first-order chi connectivity index (χ1) is 10.5. The average Bonchev–Trinajstić information content (AvgIpc) is 2.86. The fourth-order valence-corrected chi connectivity index (χ4v) is 3.98. The largest absolute Gasteiger partial charge is 0.206 e. The third kappa shape index (κ3) is 2.79. The van der Waals surface area contributed by atoms with E-state index in [1.807, 2.05) is 24.3 Å². The van der Waals surface area contributed by atoms with Crippen molar-refractivity contribution in [2.24, 2.45) is 5.41 Å². The molecule has 2 aromatic carbocycles. The molecular formula is C20H22ClF. The summed E-state index contributed by atoms with van der Waals surface area (Å²) < 4.78 is 14.3. The van der Waals surface area contributed by atoms with E-state index in [1.54, 1.807) is 6.07 Å². The monoisotopic (exact) mass is 316 g/mol. The Morgan fingerprint density at radius 3 is 2.55 bits per heavy atom. The highest BCUT2D eigenvalue weighted by Crippen LogP contribution is 2.51. The van der Waals surface area contributed by atoms with Crippen LogP contribution in [0, 0.1) is 11.2 Å². The molecular weight excluding hydrogens is 295 g/mol. The van der Waals surface area contributed by atoms with Crippen LogP contribution in [0.15, 0.2) is 42.5 Å². The maximum absolute atomic E-state index is 14.3. The van der Waals surface area contributed by atoms with Crippen molar-refractivity contribution in [1.82, 2.24) is 0 Å². The van der Waals surface area contributed by atoms with Gasteiger partial charge in [-0.2, -0.15) is 0 Å². The second-order valence-corrected chi connectivity index (χ2v) is 7.24. The summed E-state index contributed by atoms with van der Waals surface area (Å²) in [5.41, 5.74) is 4.34. The molecule has 0 bridgehead atoms. The van der Waals surface area contributed by atoms with Crippen LogP contribution in [0.1, 0.15) is 50.2 Å². The molecule has 0 aliphatic heterocycles. The quantitative estimate of drug-likeness (QED) is 0.565. The molecule has 0 saturated heterocycles. The second-order valence-electron chi connectivity index (χ2n) is 6.97. The zero-order valence-corrected chi connectivity index (χ0v) is 14.0. The van der Waals surface area contributed by atoms with E-state index in [4.69, 9.17) is 11.6 Å². The van der Waals surface area contributed by atoms with Crippen molar-refractivity contribution in [3.05, 3.63) is 59.4 Å². The van der Waals surface area contributed by atoms with Crippen LogP contribution in [-0.4, -0.2) is 0 Å². The molecule has 0 N–H and O–H groups in total. The van der Waals surface area contributed by atoms with E-state index in [0.29, 0.717) is 17.4 Å². The summed E-state index contributed by atoms with van der Waals surface area (Å²) in [6, 6.07) is 13.3. The van der Waals surface area contributed by atoms with Crippen molar-refractivity contribution in [3.8, 4) is 11.1 Å². The highest BCUT2D eigenvalue weighted by atomic mass is 35.5. The molecule has 22 heavy (non-hydrogen) atoms. The minimum atomic E-state index is -0.154. The summed E-state index contributed by atoms with van der Waals surface area (Å²) in [5, 5.41) is 0. The van der Waals surface area contributed by atoms with Crippen LogP contribution in [0.5, 0.6) is 0 Å². The molecule has 0 unspecified atom stereocenters. The molecule has 0 heterocycles. The Bertz CT molecular complexity index is 675. The topological polar surface area (TPSA) is 0 Å². The third-order valence-electron chi connectivity index (χ3n) is 5.07. The Morgan fingerprint density at radius 2 is 1.91 bits per heavy atom. The Morgan fingerprint density at radius 1 is 1.14 bits per heavy atom. The van der Waals surface area contributed by atoms with Gasteiger partial charge in [-0.05, 0) is 46.9 Å². The lowest BCUT2D eigenvalue weighted by Gasteiger charge is -2.29. The molecule has 2 aromatic rings. The van der Waals surface area contributed by atoms with E-state index in [2.05, 4.69) is 19.9 Å². The fraction of sp³-hybridized carbons (Fsp3) is 0.400. The molecule has 0 amide bonds. The lowest BCUT2D eigenvalue weighted by atomic mass is 9.75. The van der Waals surface area contributed by atoms with E-state index in [0.717, 1.165) is 11.1 Å². The van der Waals surface area contributed by atoms with Crippen LogP contribution >= 0.6 is 11.6 Å². The first-order valence-electron chi connectivity index (χ1n) is 7.96. The number of benzene rings is 2. The van der Waals surface area contributed by atoms with Crippen LogP contribution in [0.4, 0.5) is 4.39 Å². The van der Waals surface area contributed by atoms with Crippen LogP contribution in [0.2, 0.25) is 0 Å². The van der Waals surface area contributed by atoms with Crippen molar-refractivity contribution < 1.29 is 4.39 Å². The SMILES string of the molecule is CC1(C)CCC[C@H]1c1cc(CCl)ccc1-c1ccccc1F. The number of hydrogen-bond donors (Lipinski definition) is 0. The highest BCUT2D eigenvalue weighted by Gasteiger charge is 2.36. The predicted molar refractivity (Wildman–Crippen MR) is 91.8 cm³/mol. The van der Waals surface area contributed by atoms with E-state index in [9.17, 15) is 4.39 Å². The normalized spacial score (nSPS) is 20.3. The van der Waals surface area contributed by atoms with Crippen LogP contribution in [-0.2, 0) is 5.88 Å². The Balaban J connectivity index is 2.17. The van der Waals surface area contributed by atoms with Gasteiger partial charge in [0.25, 0.3) is 0 Å². The van der Waals surface area contributed by atoms with Crippen LogP contribution < -0.4 is 0 Å². The van der Waals surface area contributed by atoms with Gasteiger partial charge in [-0.25, -0.2) is 4.39 Å². The Hall–Kier alpha value is -1.34. The van der Waals surface area contributed by atoms with Crippen molar-refractivity contribution >= 4 is 11.6 Å². The number of halogens is 2. The average molecular weight is 317 g/mol. The van der Waals surface area contributed by atoms with E-state index < -0.39 is 0 Å². The first kappa shape index (κ1) is 15.6. The van der Waals surface area contributed by atoms with Crippen molar-refractivity contribution in [2.45, 2.75) is 44.9 Å². The van der Waals surface area contributed by atoms with Gasteiger partial charge in [0, 0.05) is 11.4 Å². The van der Waals surface area contributed by atoms with Crippen LogP contribution in [0.25, 0.3) is 11.1 Å². The van der Waals surface area contributed by atoms with E-state index in [-0.39, 0.29) is 11.2 Å². The minimum absolute atomic E-state index is 0.154. The molecule has 1 aliphatic carbocycles. The van der Waals surface area contributed by atoms with Gasteiger partial charge in [-0.15, -0.1) is 11.6 Å². The van der Waals surface area contributed by atoms with Gasteiger partial charge in [0.1, 0.15) is 5.82 Å². The summed E-state index contributed by atoms with van der Waals surface area (Å²) in [5.74, 6) is 0.806. The maximum Gasteiger partial charge on any atom is 0.131 e. The van der Waals surface area contributed by atoms with E-state index in [1.165, 1.54) is 30.9 Å². The zero-order chi connectivity index (χ0) is 15.7. The second kappa shape index (κ2) is 6.04. The van der Waals surface area contributed by atoms with Gasteiger partial charge in [0.15, 0.2) is 0 Å². The standard InChI is InChI=1S/C20H22ClF/c1-20(2)11-5-7-18(20)17-12-14(13-21)9-10-15(17)16-6-3-4-8-19(16)22/h3-4,6,8-10,12,18H,5,7,11,13H2,1-2H3/t18-/m0/s1. The smallest absolute Gasteiger partial charge is 0.131 e. The highest BCUT2D eigenvalue weighted by molar-refractivity contribution is 6.17. The Kier molecular flexibility index (Phi) is 4.27. The van der Waals surface area contributed by atoms with Crippen molar-refractivity contribution in [1.29, 1.82) is 0 Å².